The molecule has 2 aromatic rings. The molecular weight excluding hydrogens is 290 g/mol. The van der Waals surface area contributed by atoms with E-state index in [-0.39, 0.29) is 16.8 Å². The number of nitrogens with one attached hydrogen (secondary N) is 2. The number of nitrogens with zero attached hydrogens (tertiary/aromatic N) is 1. The summed E-state index contributed by atoms with van der Waals surface area (Å²) in [6.07, 6.45) is 0. The van der Waals surface area contributed by atoms with Crippen molar-refractivity contribution < 1.29 is 12.9 Å². The van der Waals surface area contributed by atoms with Crippen LogP contribution >= 0.6 is 0 Å². The molecule has 6 nitrogen and oxygen atoms in total. The van der Waals surface area contributed by atoms with Gasteiger partial charge < -0.3 is 9.84 Å². The SMILES string of the molecule is CNC(C)c1cccc(S(=O)(=O)Nc2onc(C)c2C)c1. The van der Waals surface area contributed by atoms with E-state index in [1.165, 1.54) is 0 Å². The molecule has 0 spiro atoms. The predicted octanol–water partition coefficient (Wildman–Crippen LogP) is 2.37. The number of hydrogen-bond donors (Lipinski definition) is 2. The Morgan fingerprint density at radius 3 is 2.57 bits per heavy atom. The van der Waals surface area contributed by atoms with Gasteiger partial charge in [0.25, 0.3) is 10.0 Å². The normalized spacial score (nSPS) is 13.1. The largest absolute Gasteiger partial charge is 0.337 e. The Balaban J connectivity index is 2.34. The first kappa shape index (κ1) is 15.5. The van der Waals surface area contributed by atoms with E-state index in [0.29, 0.717) is 11.3 Å². The molecule has 0 aliphatic carbocycles. The van der Waals surface area contributed by atoms with E-state index in [1.807, 2.05) is 20.0 Å². The lowest BCUT2D eigenvalue weighted by Crippen LogP contribution is -2.16. The second-order valence-corrected chi connectivity index (χ2v) is 6.59. The minimum atomic E-state index is -3.70. The topological polar surface area (TPSA) is 84.2 Å². The Morgan fingerprint density at radius 2 is 2.00 bits per heavy atom. The van der Waals surface area contributed by atoms with Gasteiger partial charge in [0.05, 0.1) is 10.6 Å². The van der Waals surface area contributed by atoms with E-state index >= 15 is 0 Å². The van der Waals surface area contributed by atoms with Crippen molar-refractivity contribution in [3.05, 3.63) is 41.1 Å². The minimum Gasteiger partial charge on any atom is -0.337 e. The highest BCUT2D eigenvalue weighted by Crippen LogP contribution is 2.23. The van der Waals surface area contributed by atoms with Gasteiger partial charge >= 0.3 is 0 Å². The third-order valence-corrected chi connectivity index (χ3v) is 4.81. The van der Waals surface area contributed by atoms with Crippen molar-refractivity contribution in [3.8, 4) is 0 Å². The number of anilines is 1. The van der Waals surface area contributed by atoms with Crippen LogP contribution in [-0.2, 0) is 10.0 Å². The maximum absolute atomic E-state index is 12.4. The third kappa shape index (κ3) is 3.25. The van der Waals surface area contributed by atoms with Crippen LogP contribution < -0.4 is 10.0 Å². The van der Waals surface area contributed by atoms with Gasteiger partial charge in [0, 0.05) is 11.6 Å². The molecule has 1 atom stereocenters. The van der Waals surface area contributed by atoms with Crippen LogP contribution in [0.1, 0.15) is 29.8 Å². The molecule has 0 saturated heterocycles. The van der Waals surface area contributed by atoms with Crippen molar-refractivity contribution in [2.45, 2.75) is 31.7 Å². The maximum atomic E-state index is 12.4. The molecule has 1 unspecified atom stereocenters. The summed E-state index contributed by atoms with van der Waals surface area (Å²) < 4.78 is 32.2. The van der Waals surface area contributed by atoms with E-state index in [9.17, 15) is 8.42 Å². The number of benzene rings is 1. The molecule has 2 N–H and O–H groups in total. The molecule has 0 bridgehead atoms. The Bertz CT molecular complexity index is 738. The summed E-state index contributed by atoms with van der Waals surface area (Å²) in [4.78, 5) is 0.190. The molecule has 2 rings (SSSR count). The van der Waals surface area contributed by atoms with Crippen LogP contribution in [0.2, 0.25) is 0 Å². The first-order valence-corrected chi connectivity index (χ1v) is 8.06. The van der Waals surface area contributed by atoms with Crippen LogP contribution in [0.3, 0.4) is 0 Å². The van der Waals surface area contributed by atoms with Crippen molar-refractivity contribution in [3.63, 3.8) is 0 Å². The average molecular weight is 309 g/mol. The van der Waals surface area contributed by atoms with Crippen LogP contribution in [0.5, 0.6) is 0 Å². The molecule has 0 fully saturated rings. The minimum absolute atomic E-state index is 0.0643. The van der Waals surface area contributed by atoms with Crippen LogP contribution in [0.25, 0.3) is 0 Å². The fourth-order valence-electron chi connectivity index (χ4n) is 1.81. The molecule has 0 aliphatic heterocycles. The van der Waals surface area contributed by atoms with Gasteiger partial charge in [-0.25, -0.2) is 13.1 Å². The smallest absolute Gasteiger partial charge is 0.264 e. The second kappa shape index (κ2) is 5.87. The first-order chi connectivity index (χ1) is 9.85. The zero-order valence-corrected chi connectivity index (χ0v) is 13.3. The number of rotatable bonds is 5. The van der Waals surface area contributed by atoms with Gasteiger partial charge in [0.15, 0.2) is 0 Å². The Labute approximate surface area is 124 Å². The third-order valence-electron chi connectivity index (χ3n) is 3.49. The van der Waals surface area contributed by atoms with E-state index in [4.69, 9.17) is 4.52 Å². The summed E-state index contributed by atoms with van der Waals surface area (Å²) in [7, 11) is -1.87. The van der Waals surface area contributed by atoms with Gasteiger partial charge in [-0.3, -0.25) is 0 Å². The maximum Gasteiger partial charge on any atom is 0.264 e. The zero-order valence-electron chi connectivity index (χ0n) is 12.5. The van der Waals surface area contributed by atoms with Gasteiger partial charge in [-0.15, -0.1) is 0 Å². The average Bonchev–Trinajstić information content (AvgIpc) is 2.78. The van der Waals surface area contributed by atoms with E-state index in [0.717, 1.165) is 5.56 Å². The first-order valence-electron chi connectivity index (χ1n) is 6.58. The van der Waals surface area contributed by atoms with Crippen molar-refractivity contribution in [1.82, 2.24) is 10.5 Å². The van der Waals surface area contributed by atoms with Gasteiger partial charge in [-0.1, -0.05) is 17.3 Å². The molecule has 0 radical (unpaired) electrons. The summed E-state index contributed by atoms with van der Waals surface area (Å²) in [6.45, 7) is 5.47. The standard InChI is InChI=1S/C14H19N3O3S/c1-9-10(2)16-20-14(9)17-21(18,19)13-7-5-6-12(8-13)11(3)15-4/h5-8,11,15,17H,1-4H3. The van der Waals surface area contributed by atoms with Crippen LogP contribution in [-0.4, -0.2) is 20.6 Å². The van der Waals surface area contributed by atoms with Gasteiger partial charge in [-0.2, -0.15) is 0 Å². The highest BCUT2D eigenvalue weighted by molar-refractivity contribution is 7.92. The van der Waals surface area contributed by atoms with Gasteiger partial charge in [0.2, 0.25) is 5.88 Å². The molecule has 0 aliphatic rings. The molecule has 0 amide bonds. The van der Waals surface area contributed by atoms with E-state index < -0.39 is 10.0 Å². The van der Waals surface area contributed by atoms with Crippen molar-refractivity contribution in [2.75, 3.05) is 11.8 Å². The lowest BCUT2D eigenvalue weighted by atomic mass is 10.1. The Kier molecular flexibility index (Phi) is 4.34. The molecule has 0 saturated carbocycles. The van der Waals surface area contributed by atoms with Crippen molar-refractivity contribution in [2.24, 2.45) is 0 Å². The summed E-state index contributed by atoms with van der Waals surface area (Å²) in [5, 5.41) is 6.82. The summed E-state index contributed by atoms with van der Waals surface area (Å²) in [5.74, 6) is 0.152. The van der Waals surface area contributed by atoms with Crippen LogP contribution in [0.4, 0.5) is 5.88 Å². The molecule has 21 heavy (non-hydrogen) atoms. The summed E-state index contributed by atoms with van der Waals surface area (Å²) >= 11 is 0. The molecule has 1 heterocycles. The predicted molar refractivity (Wildman–Crippen MR) is 80.7 cm³/mol. The molecule has 7 heteroatoms. The lowest BCUT2D eigenvalue weighted by Gasteiger charge is -2.12. The highest BCUT2D eigenvalue weighted by atomic mass is 32.2. The fourth-order valence-corrected chi connectivity index (χ4v) is 2.91. The summed E-state index contributed by atoms with van der Waals surface area (Å²) in [5.41, 5.74) is 2.23. The number of hydrogen-bond acceptors (Lipinski definition) is 5. The van der Waals surface area contributed by atoms with E-state index in [2.05, 4.69) is 15.2 Å². The lowest BCUT2D eigenvalue weighted by molar-refractivity contribution is 0.430. The zero-order chi connectivity index (χ0) is 15.6. The number of sulfonamides is 1. The van der Waals surface area contributed by atoms with Gasteiger partial charge in [-0.05, 0) is 45.5 Å². The summed E-state index contributed by atoms with van der Waals surface area (Å²) in [6, 6.07) is 6.85. The Hall–Kier alpha value is -1.86. The van der Waals surface area contributed by atoms with E-state index in [1.54, 1.807) is 32.0 Å². The molecular formula is C14H19N3O3S. The molecule has 1 aromatic carbocycles. The monoisotopic (exact) mass is 309 g/mol. The second-order valence-electron chi connectivity index (χ2n) is 4.91. The highest BCUT2D eigenvalue weighted by Gasteiger charge is 2.19. The quantitative estimate of drug-likeness (QED) is 0.886. The van der Waals surface area contributed by atoms with Crippen LogP contribution in [0, 0.1) is 13.8 Å². The fraction of sp³-hybridized carbons (Fsp3) is 0.357. The van der Waals surface area contributed by atoms with Crippen molar-refractivity contribution in [1.29, 1.82) is 0 Å². The number of aromatic nitrogens is 1. The van der Waals surface area contributed by atoms with Crippen LogP contribution in [0.15, 0.2) is 33.7 Å². The van der Waals surface area contributed by atoms with Gasteiger partial charge in [0.1, 0.15) is 0 Å². The Morgan fingerprint density at radius 1 is 1.29 bits per heavy atom. The molecule has 1 aromatic heterocycles. The number of aryl methyl sites for hydroxylation is 1. The molecule has 114 valence electrons. The van der Waals surface area contributed by atoms with Crippen molar-refractivity contribution >= 4 is 15.9 Å².